The van der Waals surface area contributed by atoms with Crippen LogP contribution in [0.1, 0.15) is 11.5 Å². The summed E-state index contributed by atoms with van der Waals surface area (Å²) in [5, 5.41) is 8.39. The third kappa shape index (κ3) is 1.40. The van der Waals surface area contributed by atoms with Gasteiger partial charge in [-0.2, -0.15) is 0 Å². The summed E-state index contributed by atoms with van der Waals surface area (Å²) < 4.78 is 26.4. The maximum atomic E-state index is 13.2. The van der Waals surface area contributed by atoms with Crippen LogP contribution in [0.3, 0.4) is 0 Å². The second kappa shape index (κ2) is 3.29. The number of halogens is 2. The molecule has 2 N–H and O–H groups in total. The van der Waals surface area contributed by atoms with Crippen molar-refractivity contribution in [3.63, 3.8) is 0 Å². The summed E-state index contributed by atoms with van der Waals surface area (Å²) in [7, 11) is 0. The van der Waals surface area contributed by atoms with Crippen LogP contribution in [-0.4, -0.2) is 17.7 Å². The van der Waals surface area contributed by atoms with Gasteiger partial charge in [0.2, 0.25) is 0 Å². The van der Waals surface area contributed by atoms with Crippen LogP contribution in [0.2, 0.25) is 0 Å². The smallest absolute Gasteiger partial charge is 0.260 e. The van der Waals surface area contributed by atoms with Gasteiger partial charge in [-0.1, -0.05) is 30.3 Å². The van der Waals surface area contributed by atoms with E-state index in [1.165, 1.54) is 0 Å². The second-order valence-corrected chi connectivity index (χ2v) is 3.53. The molecule has 0 aliphatic heterocycles. The average Bonchev–Trinajstić information content (AvgIpc) is 2.71. The van der Waals surface area contributed by atoms with Crippen molar-refractivity contribution in [2.75, 3.05) is 6.54 Å². The Balaban J connectivity index is 2.15. The quantitative estimate of drug-likeness (QED) is 0.730. The number of hydrogen-bond acceptors (Lipinski definition) is 2. The molecule has 1 fully saturated rings. The van der Waals surface area contributed by atoms with Crippen LogP contribution in [0.5, 0.6) is 0 Å². The summed E-state index contributed by atoms with van der Waals surface area (Å²) >= 11 is 0. The van der Waals surface area contributed by atoms with E-state index in [0.717, 1.165) is 0 Å². The SMILES string of the molecule is ONC[C@H]1[C@H](c2ccccc2)C1(F)F. The van der Waals surface area contributed by atoms with E-state index in [1.807, 2.05) is 0 Å². The summed E-state index contributed by atoms with van der Waals surface area (Å²) in [5.41, 5.74) is 2.44. The van der Waals surface area contributed by atoms with E-state index in [4.69, 9.17) is 5.21 Å². The first kappa shape index (κ1) is 9.55. The zero-order chi connectivity index (χ0) is 10.2. The maximum absolute atomic E-state index is 13.2. The molecule has 2 rings (SSSR count). The van der Waals surface area contributed by atoms with Crippen molar-refractivity contribution < 1.29 is 14.0 Å². The minimum atomic E-state index is -2.68. The van der Waals surface area contributed by atoms with Crippen molar-refractivity contribution in [2.45, 2.75) is 11.8 Å². The molecule has 0 saturated heterocycles. The van der Waals surface area contributed by atoms with Crippen LogP contribution in [-0.2, 0) is 0 Å². The molecule has 76 valence electrons. The largest absolute Gasteiger partial charge is 0.317 e. The minimum Gasteiger partial charge on any atom is -0.317 e. The monoisotopic (exact) mass is 199 g/mol. The van der Waals surface area contributed by atoms with E-state index < -0.39 is 17.8 Å². The van der Waals surface area contributed by atoms with E-state index in [1.54, 1.807) is 35.8 Å². The van der Waals surface area contributed by atoms with Gasteiger partial charge in [0.1, 0.15) is 0 Å². The molecule has 0 unspecified atom stereocenters. The molecule has 2 nitrogen and oxygen atoms in total. The lowest BCUT2D eigenvalue weighted by molar-refractivity contribution is 0.0785. The van der Waals surface area contributed by atoms with Gasteiger partial charge in [-0.25, -0.2) is 14.3 Å². The van der Waals surface area contributed by atoms with Crippen LogP contribution in [0, 0.1) is 5.92 Å². The molecular weight excluding hydrogens is 188 g/mol. The minimum absolute atomic E-state index is 0.0629. The first-order valence-corrected chi connectivity index (χ1v) is 4.47. The molecule has 14 heavy (non-hydrogen) atoms. The van der Waals surface area contributed by atoms with Crippen molar-refractivity contribution in [1.82, 2.24) is 5.48 Å². The number of hydroxylamine groups is 1. The van der Waals surface area contributed by atoms with Crippen molar-refractivity contribution in [3.05, 3.63) is 35.9 Å². The van der Waals surface area contributed by atoms with Crippen LogP contribution in [0.25, 0.3) is 0 Å². The lowest BCUT2D eigenvalue weighted by Gasteiger charge is -1.96. The van der Waals surface area contributed by atoms with Gasteiger partial charge in [-0.05, 0) is 5.56 Å². The predicted octanol–water partition coefficient (Wildman–Crippen LogP) is 2.01. The Hall–Kier alpha value is -1.00. The molecule has 1 aliphatic rings. The number of hydrogen-bond donors (Lipinski definition) is 2. The van der Waals surface area contributed by atoms with Crippen LogP contribution in [0.4, 0.5) is 8.78 Å². The van der Waals surface area contributed by atoms with E-state index >= 15 is 0 Å². The van der Waals surface area contributed by atoms with Crippen molar-refractivity contribution in [3.8, 4) is 0 Å². The molecule has 0 amide bonds. The van der Waals surface area contributed by atoms with Gasteiger partial charge in [0, 0.05) is 6.54 Å². The molecule has 4 heteroatoms. The molecule has 0 aromatic heterocycles. The van der Waals surface area contributed by atoms with Crippen molar-refractivity contribution in [2.24, 2.45) is 5.92 Å². The summed E-state index contributed by atoms with van der Waals surface area (Å²) in [6.45, 7) is -0.0629. The summed E-state index contributed by atoms with van der Waals surface area (Å²) in [4.78, 5) is 0. The fourth-order valence-corrected chi connectivity index (χ4v) is 1.86. The summed E-state index contributed by atoms with van der Waals surface area (Å²) in [6.07, 6.45) is 0. The predicted molar refractivity (Wildman–Crippen MR) is 47.4 cm³/mol. The number of benzene rings is 1. The van der Waals surface area contributed by atoms with E-state index in [2.05, 4.69) is 0 Å². The van der Waals surface area contributed by atoms with E-state index in [9.17, 15) is 8.78 Å². The van der Waals surface area contributed by atoms with E-state index in [0.29, 0.717) is 5.56 Å². The Morgan fingerprint density at radius 1 is 1.29 bits per heavy atom. The van der Waals surface area contributed by atoms with E-state index in [-0.39, 0.29) is 6.54 Å². The highest BCUT2D eigenvalue weighted by atomic mass is 19.3. The fraction of sp³-hybridized carbons (Fsp3) is 0.400. The molecule has 0 bridgehead atoms. The van der Waals surface area contributed by atoms with Gasteiger partial charge in [-0.3, -0.25) is 0 Å². The fourth-order valence-electron chi connectivity index (χ4n) is 1.86. The maximum Gasteiger partial charge on any atom is 0.260 e. The Bertz CT molecular complexity index is 315. The standard InChI is InChI=1S/C10H11F2NO/c11-10(12)8(6-13-14)9(10)7-4-2-1-3-5-7/h1-5,8-9,13-14H,6H2/t8-,9-/m0/s1. The Morgan fingerprint density at radius 3 is 2.50 bits per heavy atom. The zero-order valence-electron chi connectivity index (χ0n) is 7.45. The molecule has 1 aliphatic carbocycles. The van der Waals surface area contributed by atoms with Crippen LogP contribution in [0.15, 0.2) is 30.3 Å². The highest BCUT2D eigenvalue weighted by Gasteiger charge is 2.68. The topological polar surface area (TPSA) is 32.3 Å². The first-order chi connectivity index (χ1) is 6.68. The van der Waals surface area contributed by atoms with Gasteiger partial charge in [0.25, 0.3) is 5.92 Å². The highest BCUT2D eigenvalue weighted by Crippen LogP contribution is 2.61. The Morgan fingerprint density at radius 2 is 1.93 bits per heavy atom. The lowest BCUT2D eigenvalue weighted by atomic mass is 10.1. The van der Waals surface area contributed by atoms with Gasteiger partial charge in [0.05, 0.1) is 11.8 Å². The molecule has 0 radical (unpaired) electrons. The van der Waals surface area contributed by atoms with Gasteiger partial charge >= 0.3 is 0 Å². The average molecular weight is 199 g/mol. The van der Waals surface area contributed by atoms with Gasteiger partial charge < -0.3 is 5.21 Å². The molecule has 1 aromatic carbocycles. The number of rotatable bonds is 3. The summed E-state index contributed by atoms with van der Waals surface area (Å²) in [5.74, 6) is -4.21. The third-order valence-corrected chi connectivity index (χ3v) is 2.67. The van der Waals surface area contributed by atoms with Crippen molar-refractivity contribution >= 4 is 0 Å². The first-order valence-electron chi connectivity index (χ1n) is 4.47. The summed E-state index contributed by atoms with van der Waals surface area (Å²) in [6, 6.07) is 8.66. The highest BCUT2D eigenvalue weighted by molar-refractivity contribution is 5.32. The molecule has 1 saturated carbocycles. The van der Waals surface area contributed by atoms with Crippen LogP contribution < -0.4 is 5.48 Å². The normalized spacial score (nSPS) is 28.8. The third-order valence-electron chi connectivity index (χ3n) is 2.67. The number of nitrogens with one attached hydrogen (secondary N) is 1. The molecule has 0 spiro atoms. The molecular formula is C10H11F2NO. The van der Waals surface area contributed by atoms with Gasteiger partial charge in [0.15, 0.2) is 0 Å². The second-order valence-electron chi connectivity index (χ2n) is 3.53. The van der Waals surface area contributed by atoms with Gasteiger partial charge in [-0.15, -0.1) is 0 Å². The van der Waals surface area contributed by atoms with Crippen molar-refractivity contribution in [1.29, 1.82) is 0 Å². The Labute approximate surface area is 80.5 Å². The van der Waals surface area contributed by atoms with Crippen LogP contribution >= 0.6 is 0 Å². The molecule has 0 heterocycles. The zero-order valence-corrected chi connectivity index (χ0v) is 7.45. The lowest BCUT2D eigenvalue weighted by Crippen LogP contribution is -2.14. The molecule has 1 aromatic rings. The Kier molecular flexibility index (Phi) is 2.25. The molecule has 2 atom stereocenters. The number of alkyl halides is 2.